The van der Waals surface area contributed by atoms with E-state index in [1.165, 1.54) is 10.4 Å². The molecule has 2 aliphatic rings. The Labute approximate surface area is 193 Å². The minimum Gasteiger partial charge on any atom is -0.487 e. The molecule has 1 fully saturated rings. The molecule has 2 N–H and O–H groups in total. The van der Waals surface area contributed by atoms with Gasteiger partial charge in [0.25, 0.3) is 0 Å². The highest BCUT2D eigenvalue weighted by Crippen LogP contribution is 2.35. The van der Waals surface area contributed by atoms with Crippen molar-refractivity contribution in [3.8, 4) is 5.75 Å². The lowest BCUT2D eigenvalue weighted by atomic mass is 10.0. The summed E-state index contributed by atoms with van der Waals surface area (Å²) in [6, 6.07) is 4.29. The predicted molar refractivity (Wildman–Crippen MR) is 122 cm³/mol. The first-order valence-electron chi connectivity index (χ1n) is 10.7. The maximum Gasteiger partial charge on any atom is 0.317 e. The molecule has 1 aliphatic heterocycles. The molecule has 1 heterocycles. The number of hydrogen-bond acceptors (Lipinski definition) is 5. The van der Waals surface area contributed by atoms with E-state index in [2.05, 4.69) is 21.2 Å². The number of hydrogen-bond donors (Lipinski definition) is 2. The fourth-order valence-corrected chi connectivity index (χ4v) is 6.29. The van der Waals surface area contributed by atoms with Gasteiger partial charge in [-0.25, -0.2) is 13.2 Å². The standard InChI is InChI=1S/C21H32BrN3O5S/c1-14-11-25(15(2)13-26)31(28,29)20-9-8-16(22)10-18(20)30-19(14)12-24(3)21(27)23-17-6-4-5-7-17/h8-10,14-15,17,19,26H,4-7,11-13H2,1-3H3,(H,23,27)/t14-,15-,19-/m1/s1. The van der Waals surface area contributed by atoms with Gasteiger partial charge in [-0.1, -0.05) is 35.7 Å². The molecule has 1 aliphatic carbocycles. The normalized spacial score (nSPS) is 25.1. The van der Waals surface area contributed by atoms with E-state index in [9.17, 15) is 18.3 Å². The maximum absolute atomic E-state index is 13.3. The van der Waals surface area contributed by atoms with Crippen molar-refractivity contribution in [3.05, 3.63) is 22.7 Å². The Morgan fingerprint density at radius 2 is 2.06 bits per heavy atom. The fraction of sp³-hybridized carbons (Fsp3) is 0.667. The summed E-state index contributed by atoms with van der Waals surface area (Å²) >= 11 is 3.39. The van der Waals surface area contributed by atoms with Gasteiger partial charge in [0.1, 0.15) is 16.7 Å². The molecule has 1 aromatic carbocycles. The molecule has 0 unspecified atom stereocenters. The zero-order chi connectivity index (χ0) is 22.8. The SMILES string of the molecule is C[C@@H]1CN([C@H](C)CO)S(=O)(=O)c2ccc(Br)cc2O[C@@H]1CN(C)C(=O)NC1CCCC1. The number of rotatable bonds is 5. The van der Waals surface area contributed by atoms with Crippen LogP contribution in [-0.2, 0) is 10.0 Å². The van der Waals surface area contributed by atoms with Crippen molar-refractivity contribution in [3.63, 3.8) is 0 Å². The zero-order valence-corrected chi connectivity index (χ0v) is 20.7. The Bertz CT molecular complexity index is 891. The average molecular weight is 518 g/mol. The van der Waals surface area contributed by atoms with Gasteiger partial charge in [-0.15, -0.1) is 0 Å². The van der Waals surface area contributed by atoms with Crippen molar-refractivity contribution >= 4 is 32.0 Å². The zero-order valence-electron chi connectivity index (χ0n) is 18.3. The van der Waals surface area contributed by atoms with Gasteiger partial charge < -0.3 is 20.1 Å². The van der Waals surface area contributed by atoms with Crippen LogP contribution in [0.15, 0.2) is 27.6 Å². The van der Waals surface area contributed by atoms with Crippen molar-refractivity contribution in [1.82, 2.24) is 14.5 Å². The molecular weight excluding hydrogens is 486 g/mol. The van der Waals surface area contributed by atoms with Crippen LogP contribution in [0.5, 0.6) is 5.75 Å². The molecule has 0 bridgehead atoms. The summed E-state index contributed by atoms with van der Waals surface area (Å²) in [5.41, 5.74) is 0. The molecular formula is C21H32BrN3O5S. The number of aliphatic hydroxyl groups excluding tert-OH is 1. The van der Waals surface area contributed by atoms with Crippen LogP contribution >= 0.6 is 15.9 Å². The van der Waals surface area contributed by atoms with Crippen LogP contribution < -0.4 is 10.1 Å². The van der Waals surface area contributed by atoms with Gasteiger partial charge in [0.05, 0.1) is 13.2 Å². The summed E-state index contributed by atoms with van der Waals surface area (Å²) < 4.78 is 34.8. The lowest BCUT2D eigenvalue weighted by Crippen LogP contribution is -2.51. The molecule has 174 valence electrons. The summed E-state index contributed by atoms with van der Waals surface area (Å²) in [6.07, 6.45) is 3.86. The number of fused-ring (bicyclic) bond motifs is 1. The molecule has 0 radical (unpaired) electrons. The number of benzene rings is 1. The van der Waals surface area contributed by atoms with Crippen LogP contribution in [0.25, 0.3) is 0 Å². The third-order valence-corrected chi connectivity index (χ3v) is 8.63. The van der Waals surface area contributed by atoms with E-state index < -0.39 is 22.2 Å². The van der Waals surface area contributed by atoms with Crippen LogP contribution in [0.1, 0.15) is 39.5 Å². The van der Waals surface area contributed by atoms with Crippen molar-refractivity contribution in [1.29, 1.82) is 0 Å². The topological polar surface area (TPSA) is 99.2 Å². The molecule has 10 heteroatoms. The van der Waals surface area contributed by atoms with Crippen molar-refractivity contribution < 1.29 is 23.1 Å². The Balaban J connectivity index is 1.87. The number of halogens is 1. The summed E-state index contributed by atoms with van der Waals surface area (Å²) in [5, 5.41) is 12.7. The fourth-order valence-electron chi connectivity index (χ4n) is 4.13. The van der Waals surface area contributed by atoms with E-state index in [0.717, 1.165) is 25.7 Å². The minimum atomic E-state index is -3.85. The number of nitrogens with zero attached hydrogens (tertiary/aromatic N) is 2. The molecule has 3 atom stereocenters. The summed E-state index contributed by atoms with van der Waals surface area (Å²) in [6.45, 7) is 3.80. The van der Waals surface area contributed by atoms with Gasteiger partial charge >= 0.3 is 6.03 Å². The molecule has 3 rings (SSSR count). The highest BCUT2D eigenvalue weighted by molar-refractivity contribution is 9.10. The van der Waals surface area contributed by atoms with Gasteiger partial charge in [0.2, 0.25) is 10.0 Å². The number of amides is 2. The number of urea groups is 1. The van der Waals surface area contributed by atoms with E-state index in [-0.39, 0.29) is 41.8 Å². The van der Waals surface area contributed by atoms with Crippen LogP contribution in [-0.4, -0.2) is 73.7 Å². The van der Waals surface area contributed by atoms with Gasteiger partial charge in [-0.05, 0) is 38.0 Å². The summed E-state index contributed by atoms with van der Waals surface area (Å²) in [7, 11) is -2.13. The quantitative estimate of drug-likeness (QED) is 0.625. The monoisotopic (exact) mass is 517 g/mol. The predicted octanol–water partition coefficient (Wildman–Crippen LogP) is 2.80. The van der Waals surface area contributed by atoms with E-state index in [1.807, 2.05) is 6.92 Å². The number of sulfonamides is 1. The molecule has 31 heavy (non-hydrogen) atoms. The molecule has 8 nitrogen and oxygen atoms in total. The van der Waals surface area contributed by atoms with Crippen molar-refractivity contribution in [2.45, 2.75) is 62.6 Å². The third kappa shape index (κ3) is 5.53. The first kappa shape index (κ1) is 24.3. The highest BCUT2D eigenvalue weighted by Gasteiger charge is 2.38. The maximum atomic E-state index is 13.3. The molecule has 0 saturated heterocycles. The minimum absolute atomic E-state index is 0.0611. The lowest BCUT2D eigenvalue weighted by molar-refractivity contribution is 0.0808. The first-order valence-corrected chi connectivity index (χ1v) is 13.0. The smallest absolute Gasteiger partial charge is 0.317 e. The second kappa shape index (κ2) is 10.1. The Kier molecular flexibility index (Phi) is 7.88. The highest BCUT2D eigenvalue weighted by atomic mass is 79.9. The number of carbonyl (C=O) groups excluding carboxylic acids is 1. The van der Waals surface area contributed by atoms with E-state index >= 15 is 0 Å². The number of nitrogens with one attached hydrogen (secondary N) is 1. The molecule has 2 amide bonds. The lowest BCUT2D eigenvalue weighted by Gasteiger charge is -2.37. The van der Waals surface area contributed by atoms with E-state index in [1.54, 1.807) is 31.0 Å². The molecule has 0 spiro atoms. The third-order valence-electron chi connectivity index (χ3n) is 6.11. The molecule has 1 aromatic rings. The Morgan fingerprint density at radius 3 is 2.71 bits per heavy atom. The molecule has 0 aromatic heterocycles. The summed E-state index contributed by atoms with van der Waals surface area (Å²) in [5.74, 6) is 0.0308. The van der Waals surface area contributed by atoms with Gasteiger partial charge in [0.15, 0.2) is 0 Å². The molecule has 1 saturated carbocycles. The average Bonchev–Trinajstić information content (AvgIpc) is 3.22. The second-order valence-electron chi connectivity index (χ2n) is 8.64. The number of aliphatic hydroxyl groups is 1. The van der Waals surface area contributed by atoms with Crippen LogP contribution in [0.3, 0.4) is 0 Å². The number of carbonyl (C=O) groups is 1. The van der Waals surface area contributed by atoms with Gasteiger partial charge in [-0.2, -0.15) is 4.31 Å². The van der Waals surface area contributed by atoms with Crippen LogP contribution in [0, 0.1) is 5.92 Å². The first-order chi connectivity index (χ1) is 14.6. The number of likely N-dealkylation sites (N-methyl/N-ethyl adjacent to an activating group) is 1. The van der Waals surface area contributed by atoms with Crippen LogP contribution in [0.2, 0.25) is 0 Å². The Hall–Kier alpha value is -1.36. The van der Waals surface area contributed by atoms with Crippen LogP contribution in [0.4, 0.5) is 4.79 Å². The van der Waals surface area contributed by atoms with Crippen molar-refractivity contribution in [2.24, 2.45) is 5.92 Å². The second-order valence-corrected chi connectivity index (χ2v) is 11.4. The largest absolute Gasteiger partial charge is 0.487 e. The van der Waals surface area contributed by atoms with Gasteiger partial charge in [0, 0.05) is 36.1 Å². The van der Waals surface area contributed by atoms with Gasteiger partial charge in [-0.3, -0.25) is 0 Å². The summed E-state index contributed by atoms with van der Waals surface area (Å²) in [4.78, 5) is 14.3. The van der Waals surface area contributed by atoms with E-state index in [0.29, 0.717) is 11.0 Å². The number of ether oxygens (including phenoxy) is 1. The Morgan fingerprint density at radius 1 is 1.39 bits per heavy atom. The van der Waals surface area contributed by atoms with E-state index in [4.69, 9.17) is 4.74 Å². The van der Waals surface area contributed by atoms with Crippen molar-refractivity contribution in [2.75, 3.05) is 26.7 Å².